The van der Waals surface area contributed by atoms with Gasteiger partial charge in [-0.3, -0.25) is 19.2 Å². The minimum absolute atomic E-state index is 0.129. The maximum absolute atomic E-state index is 12.4. The Morgan fingerprint density at radius 3 is 1.53 bits per heavy atom. The monoisotopic (exact) mass is 692 g/mol. The summed E-state index contributed by atoms with van der Waals surface area (Å²) in [6.07, 6.45) is 3.34. The number of aromatic hydroxyl groups is 2. The van der Waals surface area contributed by atoms with Gasteiger partial charge >= 0.3 is 0 Å². The third-order valence-corrected chi connectivity index (χ3v) is 6.57. The average Bonchev–Trinajstić information content (AvgIpc) is 3.10. The van der Waals surface area contributed by atoms with Crippen LogP contribution < -0.4 is 16.4 Å². The summed E-state index contributed by atoms with van der Waals surface area (Å²) in [6.45, 7) is 19.0. The van der Waals surface area contributed by atoms with Crippen LogP contribution in [0.5, 0.6) is 11.5 Å². The van der Waals surface area contributed by atoms with Gasteiger partial charge < -0.3 is 46.2 Å². The first-order valence-corrected chi connectivity index (χ1v) is 16.0. The van der Waals surface area contributed by atoms with Crippen molar-refractivity contribution in [3.8, 4) is 11.5 Å². The second-order valence-corrected chi connectivity index (χ2v) is 10.1. The van der Waals surface area contributed by atoms with E-state index < -0.39 is 0 Å². The van der Waals surface area contributed by atoms with Crippen LogP contribution in [0.15, 0.2) is 36.4 Å². The van der Waals surface area contributed by atoms with Crippen LogP contribution >= 0.6 is 0 Å². The van der Waals surface area contributed by atoms with Gasteiger partial charge in [0, 0.05) is 39.8 Å². The van der Waals surface area contributed by atoms with Crippen molar-refractivity contribution in [1.82, 2.24) is 15.5 Å². The van der Waals surface area contributed by atoms with E-state index >= 15 is 0 Å². The Kier molecular flexibility index (Phi) is 35.3. The number of aliphatic hydroxyl groups excluding tert-OH is 1. The van der Waals surface area contributed by atoms with Crippen molar-refractivity contribution in [2.75, 3.05) is 53.4 Å². The Morgan fingerprint density at radius 1 is 0.755 bits per heavy atom. The van der Waals surface area contributed by atoms with Crippen LogP contribution in [0.4, 0.5) is 0 Å². The van der Waals surface area contributed by atoms with Crippen molar-refractivity contribution >= 4 is 36.8 Å². The molecule has 0 radical (unpaired) electrons. The van der Waals surface area contributed by atoms with Crippen LogP contribution in [-0.4, -0.2) is 110 Å². The lowest BCUT2D eigenvalue weighted by molar-refractivity contribution is -0.0987. The van der Waals surface area contributed by atoms with Crippen molar-refractivity contribution < 1.29 is 44.1 Å². The molecule has 0 saturated carbocycles. The van der Waals surface area contributed by atoms with Crippen LogP contribution in [0, 0.1) is 5.92 Å². The summed E-state index contributed by atoms with van der Waals surface area (Å²) in [4.78, 5) is 64.2. The lowest BCUT2D eigenvalue weighted by atomic mass is 10.0. The van der Waals surface area contributed by atoms with Crippen LogP contribution in [0.25, 0.3) is 0 Å². The molecule has 49 heavy (non-hydrogen) atoms. The second-order valence-electron chi connectivity index (χ2n) is 10.1. The zero-order chi connectivity index (χ0) is 38.9. The van der Waals surface area contributed by atoms with Crippen molar-refractivity contribution in [2.24, 2.45) is 11.7 Å². The van der Waals surface area contributed by atoms with Gasteiger partial charge in [-0.25, -0.2) is 0 Å². The maximum atomic E-state index is 12.4. The third kappa shape index (κ3) is 22.1. The standard InChI is InChI=1S/C21H36N4O3.C10H10O3.C2H6.CH4O.2CH2O/c1-16(7-4-5-10-22)15-25(13-11-23-3)14-12-24-21(28)19-9-6-8-18(17(2)26)20(19)27;1-6(11)8-4-3-5-9(7(2)12)10(8)13;4*1-2/h6,8-9,16,23,27H,4-5,7,10-15,22H2,1-3H3,(H,24,28);3-5,13H,1-2H3;1-2H3;2H,1H3;2*1H2. The van der Waals surface area contributed by atoms with Gasteiger partial charge in [0.1, 0.15) is 25.1 Å². The van der Waals surface area contributed by atoms with Gasteiger partial charge in [0.25, 0.3) is 5.91 Å². The number of phenols is 2. The Morgan fingerprint density at radius 2 is 1.14 bits per heavy atom. The van der Waals surface area contributed by atoms with E-state index in [0.29, 0.717) is 12.5 Å². The first-order valence-electron chi connectivity index (χ1n) is 16.0. The number of amides is 1. The molecule has 13 heteroatoms. The van der Waals surface area contributed by atoms with Gasteiger partial charge in [0.05, 0.1) is 22.3 Å². The molecule has 13 nitrogen and oxygen atoms in total. The summed E-state index contributed by atoms with van der Waals surface area (Å²) < 4.78 is 0. The van der Waals surface area contributed by atoms with Gasteiger partial charge in [-0.1, -0.05) is 39.3 Å². The highest BCUT2D eigenvalue weighted by Gasteiger charge is 2.17. The smallest absolute Gasteiger partial charge is 0.255 e. The highest BCUT2D eigenvalue weighted by molar-refractivity contribution is 6.04. The molecule has 2 rings (SSSR count). The SMILES string of the molecule is C=O.C=O.CC.CC(=O)c1cccc(C(C)=O)c1O.CNCCN(CCNC(=O)c1cccc(C(C)=O)c1O)CC(C)CCCCN.CO. The molecule has 2 aromatic carbocycles. The molecule has 1 unspecified atom stereocenters. The molecular formula is C36H60N4O9. The molecule has 7 N–H and O–H groups in total. The molecule has 1 atom stereocenters. The number of ketones is 3. The first-order chi connectivity index (χ1) is 23.4. The molecular weight excluding hydrogens is 632 g/mol. The van der Waals surface area contributed by atoms with E-state index in [1.54, 1.807) is 12.1 Å². The lowest BCUT2D eigenvalue weighted by Crippen LogP contribution is -2.40. The van der Waals surface area contributed by atoms with E-state index in [4.69, 9.17) is 20.4 Å². The van der Waals surface area contributed by atoms with Gasteiger partial charge in [-0.2, -0.15) is 0 Å². The van der Waals surface area contributed by atoms with Gasteiger partial charge in [-0.05, 0) is 77.4 Å². The Bertz CT molecular complexity index is 1170. The van der Waals surface area contributed by atoms with Crippen LogP contribution in [0.1, 0.15) is 102 Å². The number of aliphatic hydroxyl groups is 1. The molecule has 0 heterocycles. The van der Waals surface area contributed by atoms with Crippen LogP contribution in [0.2, 0.25) is 0 Å². The Balaban J connectivity index is -0.000000400. The molecule has 0 bridgehead atoms. The molecule has 0 aliphatic carbocycles. The number of hydrogen-bond acceptors (Lipinski definition) is 12. The summed E-state index contributed by atoms with van der Waals surface area (Å²) in [5.41, 5.74) is 6.23. The Labute approximate surface area is 292 Å². The van der Waals surface area contributed by atoms with Gasteiger partial charge in [-0.15, -0.1) is 0 Å². The summed E-state index contributed by atoms with van der Waals surface area (Å²) in [6, 6.07) is 9.20. The van der Waals surface area contributed by atoms with E-state index in [-0.39, 0.29) is 57.0 Å². The quantitative estimate of drug-likeness (QED) is 0.110. The largest absolute Gasteiger partial charge is 0.506 e. The fourth-order valence-corrected chi connectivity index (χ4v) is 4.28. The number of nitrogens with two attached hydrogens (primary N) is 1. The van der Waals surface area contributed by atoms with Gasteiger partial charge in [0.15, 0.2) is 17.3 Å². The molecule has 0 aliphatic heterocycles. The molecule has 0 spiro atoms. The number of nitrogens with zero attached hydrogens (tertiary/aromatic N) is 1. The van der Waals surface area contributed by atoms with Crippen molar-refractivity contribution in [3.63, 3.8) is 0 Å². The maximum Gasteiger partial charge on any atom is 0.255 e. The van der Waals surface area contributed by atoms with E-state index in [0.717, 1.165) is 59.1 Å². The van der Waals surface area contributed by atoms with E-state index in [1.807, 2.05) is 34.5 Å². The molecule has 0 aliphatic rings. The molecule has 2 aromatic rings. The number of unbranched alkanes of at least 4 members (excludes halogenated alkanes) is 1. The molecule has 0 saturated heterocycles. The Hall–Kier alpha value is -4.30. The number of carbonyl (C=O) groups is 6. The number of likely N-dealkylation sites (N-methyl/N-ethyl adjacent to an activating group) is 1. The van der Waals surface area contributed by atoms with Crippen LogP contribution in [0.3, 0.4) is 0 Å². The second kappa shape index (κ2) is 33.6. The molecule has 1 amide bonds. The third-order valence-electron chi connectivity index (χ3n) is 6.57. The highest BCUT2D eigenvalue weighted by Crippen LogP contribution is 2.23. The topological polar surface area (TPSA) is 216 Å². The minimum Gasteiger partial charge on any atom is -0.506 e. The summed E-state index contributed by atoms with van der Waals surface area (Å²) in [7, 11) is 2.93. The minimum atomic E-state index is -0.370. The zero-order valence-corrected chi connectivity index (χ0v) is 30.6. The fourth-order valence-electron chi connectivity index (χ4n) is 4.28. The molecule has 0 fully saturated rings. The fraction of sp³-hybridized carbons (Fsp3) is 0.500. The molecule has 278 valence electrons. The molecule has 0 aromatic heterocycles. The van der Waals surface area contributed by atoms with E-state index in [9.17, 15) is 29.4 Å². The highest BCUT2D eigenvalue weighted by atomic mass is 16.3. The predicted molar refractivity (Wildman–Crippen MR) is 195 cm³/mol. The first kappa shape index (κ1) is 51.5. The predicted octanol–water partition coefficient (Wildman–Crippen LogP) is 3.67. The van der Waals surface area contributed by atoms with Crippen molar-refractivity contribution in [3.05, 3.63) is 58.7 Å². The van der Waals surface area contributed by atoms with E-state index in [2.05, 4.69) is 22.5 Å². The lowest BCUT2D eigenvalue weighted by Gasteiger charge is -2.26. The van der Waals surface area contributed by atoms with Crippen molar-refractivity contribution in [1.29, 1.82) is 0 Å². The van der Waals surface area contributed by atoms with Crippen LogP contribution in [-0.2, 0) is 9.59 Å². The van der Waals surface area contributed by atoms with E-state index in [1.165, 1.54) is 45.0 Å². The number of benzene rings is 2. The normalized spacial score (nSPS) is 9.94. The van der Waals surface area contributed by atoms with Gasteiger partial charge in [0.2, 0.25) is 0 Å². The van der Waals surface area contributed by atoms with Crippen molar-refractivity contribution in [2.45, 2.75) is 60.8 Å². The number of hydrogen-bond donors (Lipinski definition) is 6. The number of nitrogens with one attached hydrogen (secondary N) is 2. The number of carbonyl (C=O) groups excluding carboxylic acids is 6. The number of rotatable bonds is 16. The number of para-hydroxylation sites is 2. The summed E-state index contributed by atoms with van der Waals surface area (Å²) in [5.74, 6) is -1.05. The average molecular weight is 693 g/mol. The number of Topliss-reactive ketones (excluding diaryl/α,β-unsaturated/α-hetero) is 3. The summed E-state index contributed by atoms with van der Waals surface area (Å²) in [5, 5.41) is 32.7. The number of phenolic OH excluding ortho intramolecular Hbond substituents is 2. The zero-order valence-electron chi connectivity index (χ0n) is 30.6. The summed E-state index contributed by atoms with van der Waals surface area (Å²) >= 11 is 0.